The Morgan fingerprint density at radius 3 is 2.78 bits per heavy atom. The molecule has 1 aromatic heterocycles. The van der Waals surface area contributed by atoms with E-state index in [0.29, 0.717) is 19.0 Å². The van der Waals surface area contributed by atoms with Gasteiger partial charge in [0.1, 0.15) is 0 Å². The zero-order valence-electron chi connectivity index (χ0n) is 11.5. The van der Waals surface area contributed by atoms with Gasteiger partial charge in [0.2, 0.25) is 0 Å². The molecule has 2 N–H and O–H groups in total. The Morgan fingerprint density at radius 1 is 1.56 bits per heavy atom. The molecule has 6 nitrogen and oxygen atoms in total. The molecule has 0 bridgehead atoms. The van der Waals surface area contributed by atoms with Crippen molar-refractivity contribution in [1.29, 1.82) is 0 Å². The van der Waals surface area contributed by atoms with E-state index < -0.39 is 0 Å². The van der Waals surface area contributed by atoms with Crippen LogP contribution < -0.4 is 16.2 Å². The third-order valence-corrected chi connectivity index (χ3v) is 2.66. The molecule has 1 atom stereocenters. The second kappa shape index (κ2) is 6.51. The molecule has 0 aliphatic rings. The van der Waals surface area contributed by atoms with Crippen molar-refractivity contribution in [3.05, 3.63) is 22.7 Å². The minimum atomic E-state index is -0.145. The first kappa shape index (κ1) is 14.7. The highest BCUT2D eigenvalue weighted by Crippen LogP contribution is 2.05. The van der Waals surface area contributed by atoms with E-state index in [2.05, 4.69) is 4.98 Å². The van der Waals surface area contributed by atoms with Gasteiger partial charge in [-0.05, 0) is 13.8 Å². The smallest absolute Gasteiger partial charge is 0.293 e. The van der Waals surface area contributed by atoms with Gasteiger partial charge in [-0.3, -0.25) is 4.79 Å². The van der Waals surface area contributed by atoms with Crippen LogP contribution >= 0.6 is 0 Å². The topological polar surface area (TPSA) is 73.4 Å². The molecule has 6 heteroatoms. The lowest BCUT2D eigenvalue weighted by Gasteiger charge is -2.22. The van der Waals surface area contributed by atoms with Crippen LogP contribution in [0.3, 0.4) is 0 Å². The number of likely N-dealkylation sites (N-methyl/N-ethyl adjacent to an activating group) is 1. The van der Waals surface area contributed by atoms with E-state index in [1.165, 1.54) is 0 Å². The summed E-state index contributed by atoms with van der Waals surface area (Å²) in [7, 11) is 3.41. The van der Waals surface area contributed by atoms with Crippen LogP contribution in [0.5, 0.6) is 0 Å². The van der Waals surface area contributed by atoms with Crippen LogP contribution in [0, 0.1) is 0 Å². The van der Waals surface area contributed by atoms with Gasteiger partial charge in [0.25, 0.3) is 5.56 Å². The highest BCUT2D eigenvalue weighted by atomic mass is 16.5. The van der Waals surface area contributed by atoms with Crippen molar-refractivity contribution in [3.8, 4) is 0 Å². The summed E-state index contributed by atoms with van der Waals surface area (Å²) in [5, 5.41) is 0. The maximum absolute atomic E-state index is 12.2. The van der Waals surface area contributed by atoms with E-state index in [1.807, 2.05) is 20.9 Å². The lowest BCUT2D eigenvalue weighted by molar-refractivity contribution is 0.181. The third-order valence-electron chi connectivity index (χ3n) is 2.66. The summed E-state index contributed by atoms with van der Waals surface area (Å²) in [5.74, 6) is 0.415. The predicted octanol–water partition coefficient (Wildman–Crippen LogP) is 0.234. The number of anilines is 1. The Labute approximate surface area is 107 Å². The first-order valence-electron chi connectivity index (χ1n) is 6.00. The zero-order valence-corrected chi connectivity index (χ0v) is 11.5. The van der Waals surface area contributed by atoms with Crippen molar-refractivity contribution >= 4 is 5.82 Å². The fourth-order valence-corrected chi connectivity index (χ4v) is 1.79. The van der Waals surface area contributed by atoms with E-state index in [-0.39, 0.29) is 17.6 Å². The van der Waals surface area contributed by atoms with Crippen LogP contribution in [-0.2, 0) is 4.74 Å². The average molecular weight is 254 g/mol. The number of hydrogen-bond donors (Lipinski definition) is 1. The van der Waals surface area contributed by atoms with Gasteiger partial charge in [-0.2, -0.15) is 0 Å². The molecule has 0 saturated carbocycles. The number of nitrogens with zero attached hydrogens (tertiary/aromatic N) is 3. The molecule has 18 heavy (non-hydrogen) atoms. The molecule has 1 unspecified atom stereocenters. The molecular weight excluding hydrogens is 232 g/mol. The molecule has 0 saturated heterocycles. The summed E-state index contributed by atoms with van der Waals surface area (Å²) in [6.07, 6.45) is 3.33. The van der Waals surface area contributed by atoms with Crippen molar-refractivity contribution in [2.45, 2.75) is 25.9 Å². The summed E-state index contributed by atoms with van der Waals surface area (Å²) < 4.78 is 6.63. The van der Waals surface area contributed by atoms with Crippen molar-refractivity contribution in [1.82, 2.24) is 9.55 Å². The molecule has 0 aromatic carbocycles. The van der Waals surface area contributed by atoms with Crippen LogP contribution in [0.1, 0.15) is 19.9 Å². The second-order valence-electron chi connectivity index (χ2n) is 4.65. The Hall–Kier alpha value is -1.40. The molecule has 102 valence electrons. The van der Waals surface area contributed by atoms with Gasteiger partial charge in [-0.1, -0.05) is 0 Å². The maximum Gasteiger partial charge on any atom is 0.293 e. The fraction of sp³-hybridized carbons (Fsp3) is 0.667. The van der Waals surface area contributed by atoms with Gasteiger partial charge in [-0.25, -0.2) is 4.98 Å². The summed E-state index contributed by atoms with van der Waals surface area (Å²) in [4.78, 5) is 18.1. The van der Waals surface area contributed by atoms with E-state index in [0.717, 1.165) is 0 Å². The molecule has 1 rings (SSSR count). The Bertz CT molecular complexity index is 430. The van der Waals surface area contributed by atoms with Gasteiger partial charge in [0.05, 0.1) is 6.61 Å². The second-order valence-corrected chi connectivity index (χ2v) is 4.65. The number of hydrogen-bond acceptors (Lipinski definition) is 5. The lowest BCUT2D eigenvalue weighted by atomic mass is 10.3. The minimum Gasteiger partial charge on any atom is -0.383 e. The van der Waals surface area contributed by atoms with Crippen molar-refractivity contribution in [2.24, 2.45) is 5.73 Å². The predicted molar refractivity (Wildman–Crippen MR) is 72.0 cm³/mol. The summed E-state index contributed by atoms with van der Waals surface area (Å²) in [6.45, 7) is 4.90. The molecular formula is C12H22N4O2. The molecule has 0 aliphatic carbocycles. The molecule has 1 heterocycles. The van der Waals surface area contributed by atoms with Crippen LogP contribution in [0.4, 0.5) is 5.82 Å². The van der Waals surface area contributed by atoms with Gasteiger partial charge in [0, 0.05) is 45.2 Å². The van der Waals surface area contributed by atoms with Gasteiger partial charge in [-0.15, -0.1) is 0 Å². The standard InChI is InChI=1S/C12H22N4O2/c1-9(2)16-6-5-14-11(12(16)17)15(3)7-10(13)8-18-4/h5-6,9-10H,7-8,13H2,1-4H3. The fourth-order valence-electron chi connectivity index (χ4n) is 1.79. The molecule has 0 spiro atoms. The molecule has 0 aliphatic heterocycles. The van der Waals surface area contributed by atoms with Crippen LogP contribution in [-0.4, -0.2) is 42.9 Å². The highest BCUT2D eigenvalue weighted by molar-refractivity contribution is 5.34. The number of ether oxygens (including phenoxy) is 1. The van der Waals surface area contributed by atoms with E-state index in [4.69, 9.17) is 10.5 Å². The van der Waals surface area contributed by atoms with E-state index in [9.17, 15) is 4.79 Å². The Kier molecular flexibility index (Phi) is 5.30. The molecule has 1 aromatic rings. The lowest BCUT2D eigenvalue weighted by Crippen LogP contribution is -2.41. The number of methoxy groups -OCH3 is 1. The van der Waals surface area contributed by atoms with E-state index in [1.54, 1.807) is 29.0 Å². The van der Waals surface area contributed by atoms with Crippen LogP contribution in [0.25, 0.3) is 0 Å². The third kappa shape index (κ3) is 3.54. The minimum absolute atomic E-state index is 0.0976. The van der Waals surface area contributed by atoms with E-state index >= 15 is 0 Å². The van der Waals surface area contributed by atoms with Crippen LogP contribution in [0.15, 0.2) is 17.2 Å². The maximum atomic E-state index is 12.2. The highest BCUT2D eigenvalue weighted by Gasteiger charge is 2.14. The monoisotopic (exact) mass is 254 g/mol. The normalized spacial score (nSPS) is 12.8. The largest absolute Gasteiger partial charge is 0.383 e. The molecule has 0 fully saturated rings. The zero-order chi connectivity index (χ0) is 13.7. The Balaban J connectivity index is 2.89. The van der Waals surface area contributed by atoms with Crippen molar-refractivity contribution < 1.29 is 4.74 Å². The summed E-state index contributed by atoms with van der Waals surface area (Å²) in [5.41, 5.74) is 5.77. The van der Waals surface area contributed by atoms with Gasteiger partial charge in [0.15, 0.2) is 5.82 Å². The van der Waals surface area contributed by atoms with Gasteiger partial charge < -0.3 is 19.9 Å². The number of nitrogens with two attached hydrogens (primary N) is 1. The first-order chi connectivity index (χ1) is 8.47. The molecule has 0 radical (unpaired) electrons. The molecule has 0 amide bonds. The average Bonchev–Trinajstić information content (AvgIpc) is 2.28. The van der Waals surface area contributed by atoms with Gasteiger partial charge >= 0.3 is 0 Å². The summed E-state index contributed by atoms with van der Waals surface area (Å²) in [6, 6.07) is -0.0331. The quantitative estimate of drug-likeness (QED) is 0.787. The summed E-state index contributed by atoms with van der Waals surface area (Å²) >= 11 is 0. The first-order valence-corrected chi connectivity index (χ1v) is 6.00. The number of rotatable bonds is 6. The Morgan fingerprint density at radius 2 is 2.22 bits per heavy atom. The van der Waals surface area contributed by atoms with Crippen LogP contribution in [0.2, 0.25) is 0 Å². The number of aromatic nitrogens is 2. The SMILES string of the molecule is COCC(N)CN(C)c1nccn(C(C)C)c1=O. The van der Waals surface area contributed by atoms with Crippen molar-refractivity contribution in [2.75, 3.05) is 32.2 Å². The van der Waals surface area contributed by atoms with Crippen molar-refractivity contribution in [3.63, 3.8) is 0 Å².